The summed E-state index contributed by atoms with van der Waals surface area (Å²) in [5, 5.41) is 0. The second-order valence-corrected chi connectivity index (χ2v) is 5.01. The standard InChI is InChI=1S/C13H18F3N3/c1-9(17)11-3-2-6-18-12(11)19-7-4-10(5-8-19)13(14,15)16/h2-3,6,9-10H,4-5,7-8,17H2,1H3/t9-/m1/s1. The van der Waals surface area contributed by atoms with Crippen molar-refractivity contribution < 1.29 is 13.2 Å². The second-order valence-electron chi connectivity index (χ2n) is 5.01. The van der Waals surface area contributed by atoms with Gasteiger partial charge in [-0.05, 0) is 25.8 Å². The van der Waals surface area contributed by atoms with Gasteiger partial charge in [-0.15, -0.1) is 0 Å². The summed E-state index contributed by atoms with van der Waals surface area (Å²) in [6, 6.07) is 3.50. The maximum atomic E-state index is 12.6. The van der Waals surface area contributed by atoms with Crippen LogP contribution in [0.25, 0.3) is 0 Å². The van der Waals surface area contributed by atoms with E-state index in [2.05, 4.69) is 4.98 Å². The average Bonchev–Trinajstić information content (AvgIpc) is 2.38. The van der Waals surface area contributed by atoms with E-state index < -0.39 is 12.1 Å². The summed E-state index contributed by atoms with van der Waals surface area (Å²) in [6.07, 6.45) is -2.19. The van der Waals surface area contributed by atoms with Crippen LogP contribution in [0.2, 0.25) is 0 Å². The summed E-state index contributed by atoms with van der Waals surface area (Å²) in [6.45, 7) is 2.60. The van der Waals surface area contributed by atoms with Gasteiger partial charge in [0.2, 0.25) is 0 Å². The lowest BCUT2D eigenvalue weighted by Gasteiger charge is -2.34. The molecular formula is C13H18F3N3. The van der Waals surface area contributed by atoms with Crippen molar-refractivity contribution >= 4 is 5.82 Å². The third kappa shape index (κ3) is 3.18. The van der Waals surface area contributed by atoms with Crippen molar-refractivity contribution in [2.45, 2.75) is 32.0 Å². The Morgan fingerprint density at radius 2 is 2.00 bits per heavy atom. The first-order valence-corrected chi connectivity index (χ1v) is 6.41. The minimum Gasteiger partial charge on any atom is -0.356 e. The molecule has 1 atom stereocenters. The van der Waals surface area contributed by atoms with Gasteiger partial charge in [0.1, 0.15) is 5.82 Å². The molecule has 6 heteroatoms. The normalized spacial score (nSPS) is 19.5. The van der Waals surface area contributed by atoms with Crippen molar-refractivity contribution in [3.8, 4) is 0 Å². The number of hydrogen-bond acceptors (Lipinski definition) is 3. The number of alkyl halides is 3. The van der Waals surface area contributed by atoms with Crippen LogP contribution in [0, 0.1) is 5.92 Å². The van der Waals surface area contributed by atoms with Crippen LogP contribution in [0.3, 0.4) is 0 Å². The van der Waals surface area contributed by atoms with Crippen molar-refractivity contribution in [3.05, 3.63) is 23.9 Å². The SMILES string of the molecule is C[C@@H](N)c1cccnc1N1CCC(C(F)(F)F)CC1. The number of rotatable bonds is 2. The fraction of sp³-hybridized carbons (Fsp3) is 0.615. The minimum absolute atomic E-state index is 0.123. The molecule has 19 heavy (non-hydrogen) atoms. The van der Waals surface area contributed by atoms with Crippen LogP contribution in [0.15, 0.2) is 18.3 Å². The molecule has 0 amide bonds. The number of nitrogens with zero attached hydrogens (tertiary/aromatic N) is 2. The first kappa shape index (κ1) is 14.1. The molecule has 1 fully saturated rings. The maximum absolute atomic E-state index is 12.6. The van der Waals surface area contributed by atoms with Crippen molar-refractivity contribution in [1.29, 1.82) is 0 Å². The number of nitrogens with two attached hydrogens (primary N) is 1. The van der Waals surface area contributed by atoms with Gasteiger partial charge < -0.3 is 10.6 Å². The lowest BCUT2D eigenvalue weighted by Crippen LogP contribution is -2.40. The van der Waals surface area contributed by atoms with Gasteiger partial charge in [0.25, 0.3) is 0 Å². The summed E-state index contributed by atoms with van der Waals surface area (Å²) in [5.41, 5.74) is 6.75. The van der Waals surface area contributed by atoms with E-state index in [0.29, 0.717) is 13.1 Å². The zero-order chi connectivity index (χ0) is 14.0. The number of anilines is 1. The molecule has 0 spiro atoms. The molecule has 1 saturated heterocycles. The van der Waals surface area contributed by atoms with Crippen LogP contribution in [0.1, 0.15) is 31.4 Å². The van der Waals surface area contributed by atoms with E-state index in [-0.39, 0.29) is 18.9 Å². The highest BCUT2D eigenvalue weighted by Crippen LogP contribution is 2.36. The lowest BCUT2D eigenvalue weighted by atomic mass is 9.96. The van der Waals surface area contributed by atoms with Crippen LogP contribution in [0.5, 0.6) is 0 Å². The van der Waals surface area contributed by atoms with Crippen LogP contribution < -0.4 is 10.6 Å². The largest absolute Gasteiger partial charge is 0.391 e. The van der Waals surface area contributed by atoms with Gasteiger partial charge in [-0.1, -0.05) is 6.07 Å². The Labute approximate surface area is 110 Å². The van der Waals surface area contributed by atoms with Gasteiger partial charge >= 0.3 is 6.18 Å². The third-order valence-electron chi connectivity index (χ3n) is 3.56. The molecule has 1 aromatic rings. The highest BCUT2D eigenvalue weighted by atomic mass is 19.4. The molecule has 1 aliphatic heterocycles. The van der Waals surface area contributed by atoms with Crippen molar-refractivity contribution in [3.63, 3.8) is 0 Å². The van der Waals surface area contributed by atoms with E-state index in [9.17, 15) is 13.2 Å². The molecule has 106 valence electrons. The van der Waals surface area contributed by atoms with Crippen molar-refractivity contribution in [1.82, 2.24) is 4.98 Å². The molecular weight excluding hydrogens is 255 g/mol. The monoisotopic (exact) mass is 273 g/mol. The molecule has 3 nitrogen and oxygen atoms in total. The highest BCUT2D eigenvalue weighted by molar-refractivity contribution is 5.48. The first-order chi connectivity index (χ1) is 8.89. The number of hydrogen-bond donors (Lipinski definition) is 1. The average molecular weight is 273 g/mol. The van der Waals surface area contributed by atoms with Crippen molar-refractivity contribution in [2.75, 3.05) is 18.0 Å². The predicted molar refractivity (Wildman–Crippen MR) is 67.8 cm³/mol. The molecule has 1 aliphatic rings. The molecule has 2 rings (SSSR count). The Morgan fingerprint density at radius 3 is 2.53 bits per heavy atom. The lowest BCUT2D eigenvalue weighted by molar-refractivity contribution is -0.179. The Morgan fingerprint density at radius 1 is 1.37 bits per heavy atom. The fourth-order valence-corrected chi connectivity index (χ4v) is 2.45. The first-order valence-electron chi connectivity index (χ1n) is 6.41. The molecule has 0 aromatic carbocycles. The van der Waals surface area contributed by atoms with E-state index >= 15 is 0 Å². The number of pyridine rings is 1. The zero-order valence-electron chi connectivity index (χ0n) is 10.8. The Kier molecular flexibility index (Phi) is 3.99. The molecule has 2 heterocycles. The molecule has 0 aliphatic carbocycles. The second kappa shape index (κ2) is 5.36. The van der Waals surface area contributed by atoms with Gasteiger partial charge in [0.05, 0.1) is 5.92 Å². The number of halogens is 3. The van der Waals surface area contributed by atoms with Crippen LogP contribution in [0.4, 0.5) is 19.0 Å². The van der Waals surface area contributed by atoms with Gasteiger partial charge in [0.15, 0.2) is 0 Å². The van der Waals surface area contributed by atoms with E-state index in [0.717, 1.165) is 11.4 Å². The van der Waals surface area contributed by atoms with E-state index in [1.54, 1.807) is 12.3 Å². The van der Waals surface area contributed by atoms with Crippen LogP contribution >= 0.6 is 0 Å². The fourth-order valence-electron chi connectivity index (χ4n) is 2.45. The summed E-state index contributed by atoms with van der Waals surface area (Å²) in [4.78, 5) is 6.18. The van der Waals surface area contributed by atoms with Gasteiger partial charge in [-0.25, -0.2) is 4.98 Å². The Hall–Kier alpha value is -1.30. The third-order valence-corrected chi connectivity index (χ3v) is 3.56. The van der Waals surface area contributed by atoms with E-state index in [4.69, 9.17) is 5.73 Å². The molecule has 2 N–H and O–H groups in total. The number of piperidine rings is 1. The molecule has 1 aromatic heterocycles. The maximum Gasteiger partial charge on any atom is 0.391 e. The van der Waals surface area contributed by atoms with Gasteiger partial charge in [-0.3, -0.25) is 0 Å². The van der Waals surface area contributed by atoms with Gasteiger partial charge in [-0.2, -0.15) is 13.2 Å². The van der Waals surface area contributed by atoms with Crippen LogP contribution in [-0.2, 0) is 0 Å². The predicted octanol–water partition coefficient (Wildman–Crippen LogP) is 2.88. The Bertz CT molecular complexity index is 423. The molecule has 0 bridgehead atoms. The summed E-state index contributed by atoms with van der Waals surface area (Å²) < 4.78 is 37.9. The van der Waals surface area contributed by atoms with E-state index in [1.165, 1.54) is 0 Å². The van der Waals surface area contributed by atoms with Gasteiger partial charge in [0, 0.05) is 30.9 Å². The quantitative estimate of drug-likeness (QED) is 0.901. The Balaban J connectivity index is 2.10. The van der Waals surface area contributed by atoms with Crippen LogP contribution in [-0.4, -0.2) is 24.2 Å². The molecule has 0 radical (unpaired) electrons. The number of aromatic nitrogens is 1. The summed E-state index contributed by atoms with van der Waals surface area (Å²) in [7, 11) is 0. The van der Waals surface area contributed by atoms with E-state index in [1.807, 2.05) is 17.9 Å². The molecule has 0 saturated carbocycles. The summed E-state index contributed by atoms with van der Waals surface area (Å²) >= 11 is 0. The zero-order valence-corrected chi connectivity index (χ0v) is 10.8. The van der Waals surface area contributed by atoms with Crippen molar-refractivity contribution in [2.24, 2.45) is 11.7 Å². The molecule has 0 unspecified atom stereocenters. The topological polar surface area (TPSA) is 42.1 Å². The summed E-state index contributed by atoms with van der Waals surface area (Å²) in [5.74, 6) is -0.468. The smallest absolute Gasteiger partial charge is 0.356 e. The highest BCUT2D eigenvalue weighted by Gasteiger charge is 2.41. The minimum atomic E-state index is -4.08.